The zero-order valence-corrected chi connectivity index (χ0v) is 21.2. The predicted octanol–water partition coefficient (Wildman–Crippen LogP) is 3.59. The van der Waals surface area contributed by atoms with Gasteiger partial charge in [-0.2, -0.15) is 4.31 Å². The van der Waals surface area contributed by atoms with E-state index in [1.165, 1.54) is 0 Å². The maximum atomic E-state index is 13.4. The fourth-order valence-corrected chi connectivity index (χ4v) is 6.48. The van der Waals surface area contributed by atoms with Crippen molar-refractivity contribution in [1.82, 2.24) is 19.5 Å². The number of pyridine rings is 1. The van der Waals surface area contributed by atoms with E-state index in [4.69, 9.17) is 0 Å². The highest BCUT2D eigenvalue weighted by atomic mass is 32.2. The fraction of sp³-hybridized carbons (Fsp3) is 0.423. The number of hydrogen-bond acceptors (Lipinski definition) is 7. The summed E-state index contributed by atoms with van der Waals surface area (Å²) in [5.74, 6) is 2.40. The number of nitrogens with zero attached hydrogens (tertiary/aromatic N) is 6. The molecule has 0 amide bonds. The molecule has 0 bridgehead atoms. The monoisotopic (exact) mass is 492 g/mol. The minimum absolute atomic E-state index is 0.362. The molecule has 0 radical (unpaired) electrons. The van der Waals surface area contributed by atoms with Crippen molar-refractivity contribution in [3.8, 4) is 11.3 Å². The first kappa shape index (κ1) is 23.7. The number of piperidine rings is 1. The smallest absolute Gasteiger partial charge is 0.243 e. The van der Waals surface area contributed by atoms with Crippen LogP contribution >= 0.6 is 0 Å². The van der Waals surface area contributed by atoms with E-state index in [0.717, 1.165) is 61.8 Å². The molecule has 8 nitrogen and oxygen atoms in total. The molecule has 9 heteroatoms. The number of piperazine rings is 1. The van der Waals surface area contributed by atoms with Gasteiger partial charge in [-0.25, -0.2) is 13.4 Å². The Balaban J connectivity index is 1.30. The van der Waals surface area contributed by atoms with Crippen molar-refractivity contribution in [3.05, 3.63) is 60.3 Å². The van der Waals surface area contributed by atoms with Gasteiger partial charge in [0.05, 0.1) is 10.6 Å². The van der Waals surface area contributed by atoms with Crippen molar-refractivity contribution < 1.29 is 8.42 Å². The summed E-state index contributed by atoms with van der Waals surface area (Å²) in [4.78, 5) is 9.30. The molecule has 184 valence electrons. The number of sulfonamides is 1. The van der Waals surface area contributed by atoms with Crippen molar-refractivity contribution in [2.45, 2.75) is 31.6 Å². The van der Waals surface area contributed by atoms with Crippen molar-refractivity contribution in [2.24, 2.45) is 5.92 Å². The standard InChI is InChI=1S/C26H32N6O2S/c1-20-10-13-32(14-11-20)35(33,34)24-19-22(7-6-21(24)2)23-8-9-26(29-28-23)31-17-15-30(16-18-31)25-5-3-4-12-27-25/h3-9,12,19-20H,10-11,13-18H2,1-2H3. The minimum atomic E-state index is -3.53. The zero-order chi connectivity index (χ0) is 24.4. The van der Waals surface area contributed by atoms with Gasteiger partial charge in [0.2, 0.25) is 10.0 Å². The van der Waals surface area contributed by atoms with Crippen molar-refractivity contribution in [3.63, 3.8) is 0 Å². The second-order valence-corrected chi connectivity index (χ2v) is 11.4. The average molecular weight is 493 g/mol. The second kappa shape index (κ2) is 9.91. The summed E-state index contributed by atoms with van der Waals surface area (Å²) >= 11 is 0. The first-order chi connectivity index (χ1) is 16.9. The lowest BCUT2D eigenvalue weighted by molar-refractivity contribution is 0.288. The Bertz CT molecular complexity index is 1250. The van der Waals surface area contributed by atoms with Gasteiger partial charge in [0.25, 0.3) is 0 Å². The van der Waals surface area contributed by atoms with Crippen LogP contribution in [0.25, 0.3) is 11.3 Å². The van der Waals surface area contributed by atoms with Gasteiger partial charge in [0.15, 0.2) is 5.82 Å². The van der Waals surface area contributed by atoms with Crippen LogP contribution in [0.2, 0.25) is 0 Å². The first-order valence-corrected chi connectivity index (χ1v) is 13.7. The Morgan fingerprint density at radius 1 is 0.829 bits per heavy atom. The van der Waals surface area contributed by atoms with Crippen molar-refractivity contribution >= 4 is 21.7 Å². The van der Waals surface area contributed by atoms with Gasteiger partial charge < -0.3 is 9.80 Å². The van der Waals surface area contributed by atoms with E-state index in [9.17, 15) is 8.42 Å². The molecule has 0 spiro atoms. The Kier molecular flexibility index (Phi) is 6.71. The van der Waals surface area contributed by atoms with E-state index in [1.54, 1.807) is 10.4 Å². The Morgan fingerprint density at radius 2 is 1.54 bits per heavy atom. The van der Waals surface area contributed by atoms with Gasteiger partial charge >= 0.3 is 0 Å². The summed E-state index contributed by atoms with van der Waals surface area (Å²) in [6.07, 6.45) is 3.63. The van der Waals surface area contributed by atoms with Crippen LogP contribution in [0.5, 0.6) is 0 Å². The fourth-order valence-electron chi connectivity index (χ4n) is 4.75. The number of aromatic nitrogens is 3. The summed E-state index contributed by atoms with van der Waals surface area (Å²) in [6, 6.07) is 15.4. The quantitative estimate of drug-likeness (QED) is 0.538. The van der Waals surface area contributed by atoms with Crippen LogP contribution in [0.15, 0.2) is 59.6 Å². The number of anilines is 2. The lowest BCUT2D eigenvalue weighted by Crippen LogP contribution is -2.47. The van der Waals surface area contributed by atoms with E-state index >= 15 is 0 Å². The topological polar surface area (TPSA) is 82.5 Å². The van der Waals surface area contributed by atoms with E-state index < -0.39 is 10.0 Å². The molecule has 0 saturated carbocycles. The molecule has 0 atom stereocenters. The molecular weight excluding hydrogens is 460 g/mol. The molecule has 2 fully saturated rings. The van der Waals surface area contributed by atoms with Crippen LogP contribution in [0.3, 0.4) is 0 Å². The molecule has 2 aromatic heterocycles. The third-order valence-corrected chi connectivity index (χ3v) is 9.11. The van der Waals surface area contributed by atoms with Gasteiger partial charge in [-0.15, -0.1) is 10.2 Å². The average Bonchev–Trinajstić information content (AvgIpc) is 2.90. The lowest BCUT2D eigenvalue weighted by atomic mass is 10.0. The molecular formula is C26H32N6O2S. The van der Waals surface area contributed by atoms with Gasteiger partial charge in [-0.05, 0) is 61.6 Å². The second-order valence-electron chi connectivity index (χ2n) is 9.51. The predicted molar refractivity (Wildman–Crippen MR) is 138 cm³/mol. The number of rotatable bonds is 5. The number of hydrogen-bond donors (Lipinski definition) is 0. The van der Waals surface area contributed by atoms with Gasteiger partial charge in [-0.1, -0.05) is 25.1 Å². The molecule has 0 unspecified atom stereocenters. The third kappa shape index (κ3) is 5.01. The molecule has 35 heavy (non-hydrogen) atoms. The first-order valence-electron chi connectivity index (χ1n) is 12.3. The molecule has 1 aromatic carbocycles. The number of aryl methyl sites for hydroxylation is 1. The summed E-state index contributed by atoms with van der Waals surface area (Å²) in [5.41, 5.74) is 2.19. The highest BCUT2D eigenvalue weighted by molar-refractivity contribution is 7.89. The van der Waals surface area contributed by atoms with Crippen LogP contribution < -0.4 is 9.80 Å². The van der Waals surface area contributed by atoms with E-state index in [1.807, 2.05) is 55.6 Å². The highest BCUT2D eigenvalue weighted by Gasteiger charge is 2.29. The van der Waals surface area contributed by atoms with Crippen molar-refractivity contribution in [2.75, 3.05) is 49.1 Å². The van der Waals surface area contributed by atoms with E-state index in [2.05, 4.69) is 31.9 Å². The molecule has 0 aliphatic carbocycles. The Labute approximate surface area is 207 Å². The van der Waals surface area contributed by atoms with Crippen molar-refractivity contribution in [1.29, 1.82) is 0 Å². The normalized spacial score (nSPS) is 18.1. The SMILES string of the molecule is Cc1ccc(-c2ccc(N3CCN(c4ccccn4)CC3)nn2)cc1S(=O)(=O)N1CCC(C)CC1. The summed E-state index contributed by atoms with van der Waals surface area (Å²) in [6.45, 7) is 8.60. The van der Waals surface area contributed by atoms with Crippen LogP contribution in [-0.4, -0.2) is 67.2 Å². The molecule has 3 aromatic rings. The van der Waals surface area contributed by atoms with E-state index in [0.29, 0.717) is 29.6 Å². The number of benzene rings is 1. The molecule has 0 N–H and O–H groups in total. The molecule has 2 aliphatic rings. The van der Waals surface area contributed by atoms with Crippen LogP contribution in [0.4, 0.5) is 11.6 Å². The largest absolute Gasteiger partial charge is 0.353 e. The van der Waals surface area contributed by atoms with Gasteiger partial charge in [0, 0.05) is 51.0 Å². The molecule has 5 rings (SSSR count). The van der Waals surface area contributed by atoms with Crippen LogP contribution in [0, 0.1) is 12.8 Å². The van der Waals surface area contributed by atoms with Gasteiger partial charge in [0.1, 0.15) is 5.82 Å². The lowest BCUT2D eigenvalue weighted by Gasteiger charge is -2.35. The van der Waals surface area contributed by atoms with Crippen LogP contribution in [-0.2, 0) is 10.0 Å². The third-order valence-electron chi connectivity index (χ3n) is 7.07. The van der Waals surface area contributed by atoms with E-state index in [-0.39, 0.29) is 0 Å². The summed E-state index contributed by atoms with van der Waals surface area (Å²) in [5, 5.41) is 8.92. The van der Waals surface area contributed by atoms with Crippen LogP contribution in [0.1, 0.15) is 25.3 Å². The Morgan fingerprint density at radius 3 is 2.17 bits per heavy atom. The maximum Gasteiger partial charge on any atom is 0.243 e. The zero-order valence-electron chi connectivity index (χ0n) is 20.3. The Hall–Kier alpha value is -3.04. The molecule has 4 heterocycles. The maximum absolute atomic E-state index is 13.4. The van der Waals surface area contributed by atoms with Gasteiger partial charge in [-0.3, -0.25) is 0 Å². The highest BCUT2D eigenvalue weighted by Crippen LogP contribution is 2.29. The summed E-state index contributed by atoms with van der Waals surface area (Å²) in [7, 11) is -3.53. The summed E-state index contributed by atoms with van der Waals surface area (Å²) < 4.78 is 28.3. The molecule has 2 aliphatic heterocycles. The molecule has 2 saturated heterocycles. The minimum Gasteiger partial charge on any atom is -0.353 e.